The van der Waals surface area contributed by atoms with Crippen molar-refractivity contribution in [2.45, 2.75) is 59.3 Å². The third kappa shape index (κ3) is 4.82. The lowest BCUT2D eigenvalue weighted by atomic mass is 9.66. The summed E-state index contributed by atoms with van der Waals surface area (Å²) in [5, 5.41) is 3.36. The predicted molar refractivity (Wildman–Crippen MR) is 118 cm³/mol. The number of esters is 1. The van der Waals surface area contributed by atoms with Crippen molar-refractivity contribution in [1.29, 1.82) is 0 Å². The highest BCUT2D eigenvalue weighted by molar-refractivity contribution is 9.10. The van der Waals surface area contributed by atoms with Gasteiger partial charge in [0.05, 0.1) is 18.1 Å². The molecule has 0 amide bonds. The van der Waals surface area contributed by atoms with Crippen molar-refractivity contribution in [3.8, 4) is 0 Å². The Kier molecular flexibility index (Phi) is 6.67. The minimum Gasteiger partial charge on any atom is -0.462 e. The van der Waals surface area contributed by atoms with Crippen LogP contribution in [-0.4, -0.2) is 18.4 Å². The molecular weight excluding hydrogens is 430 g/mol. The van der Waals surface area contributed by atoms with Crippen molar-refractivity contribution >= 4 is 27.7 Å². The third-order valence-corrected chi connectivity index (χ3v) is 6.20. The van der Waals surface area contributed by atoms with Gasteiger partial charge in [-0.15, -0.1) is 0 Å². The number of Topliss-reactive ketones (excluding diaryl/α,β-unsaturated/α-hetero) is 1. The number of fused-ring (bicyclic) bond motifs is 1. The number of benzene rings is 1. The van der Waals surface area contributed by atoms with Gasteiger partial charge in [0.2, 0.25) is 0 Å². The molecule has 0 spiro atoms. The van der Waals surface area contributed by atoms with Crippen LogP contribution < -0.4 is 5.32 Å². The monoisotopic (exact) mass is 459 g/mol. The summed E-state index contributed by atoms with van der Waals surface area (Å²) >= 11 is 3.48. The van der Waals surface area contributed by atoms with Crippen LogP contribution >= 0.6 is 15.9 Å². The van der Waals surface area contributed by atoms with Gasteiger partial charge in [-0.05, 0) is 36.5 Å². The Bertz CT molecular complexity index is 851. The van der Waals surface area contributed by atoms with Crippen LogP contribution in [-0.2, 0) is 14.3 Å². The molecule has 3 rings (SSSR count). The quantitative estimate of drug-likeness (QED) is 0.441. The molecule has 2 aliphatic rings. The van der Waals surface area contributed by atoms with Gasteiger partial charge in [-0.2, -0.15) is 0 Å². The van der Waals surface area contributed by atoms with Crippen molar-refractivity contribution in [3.63, 3.8) is 0 Å². The Morgan fingerprint density at radius 3 is 2.55 bits per heavy atom. The number of carbonyl (C=O) groups excluding carboxylic acids is 2. The average molecular weight is 460 g/mol. The highest BCUT2D eigenvalue weighted by Crippen LogP contribution is 2.47. The Morgan fingerprint density at radius 1 is 1.21 bits per heavy atom. The second kappa shape index (κ2) is 8.86. The fourth-order valence-corrected chi connectivity index (χ4v) is 4.63. The molecule has 1 heterocycles. The normalized spacial score (nSPS) is 23.2. The van der Waals surface area contributed by atoms with Crippen LogP contribution in [0.2, 0.25) is 0 Å². The van der Waals surface area contributed by atoms with Gasteiger partial charge < -0.3 is 10.1 Å². The SMILES string of the molecule is CCCCCOC(=O)C1=C(C)NC2=CC(C)(C)CC(=O)C2C1c1ccc(Br)cc1. The standard InChI is InChI=1S/C24H30BrNO3/c1-5-6-7-12-29-23(28)20-15(2)26-18-13-24(3,4)14-19(27)22(18)21(20)16-8-10-17(25)11-9-16/h8-11,13,21-22,26H,5-7,12,14H2,1-4H3. The van der Waals surface area contributed by atoms with Gasteiger partial charge in [-0.1, -0.05) is 67.8 Å². The highest BCUT2D eigenvalue weighted by atomic mass is 79.9. The molecule has 0 saturated heterocycles. The highest BCUT2D eigenvalue weighted by Gasteiger charge is 2.46. The van der Waals surface area contributed by atoms with E-state index in [-0.39, 0.29) is 29.0 Å². The first kappa shape index (κ1) is 21.8. The number of ether oxygens (including phenoxy) is 1. The molecule has 2 atom stereocenters. The molecule has 0 saturated carbocycles. The summed E-state index contributed by atoms with van der Waals surface area (Å²) in [6.45, 7) is 8.57. The summed E-state index contributed by atoms with van der Waals surface area (Å²) in [4.78, 5) is 26.3. The maximum Gasteiger partial charge on any atom is 0.336 e. The molecule has 0 bridgehead atoms. The van der Waals surface area contributed by atoms with E-state index in [9.17, 15) is 9.59 Å². The lowest BCUT2D eigenvalue weighted by Crippen LogP contribution is -2.43. The van der Waals surface area contributed by atoms with Crippen molar-refractivity contribution in [2.75, 3.05) is 6.61 Å². The first-order valence-electron chi connectivity index (χ1n) is 10.4. The number of hydrogen-bond acceptors (Lipinski definition) is 4. The van der Waals surface area contributed by atoms with Crippen LogP contribution in [0.1, 0.15) is 64.9 Å². The Labute approximate surface area is 181 Å². The van der Waals surface area contributed by atoms with Gasteiger partial charge in [-0.3, -0.25) is 4.79 Å². The summed E-state index contributed by atoms with van der Waals surface area (Å²) in [5.74, 6) is -0.878. The molecule has 1 aliphatic heterocycles. The molecule has 1 N–H and O–H groups in total. The first-order chi connectivity index (χ1) is 13.7. The smallest absolute Gasteiger partial charge is 0.336 e. The molecule has 4 nitrogen and oxygen atoms in total. The van der Waals surface area contributed by atoms with E-state index in [0.29, 0.717) is 18.6 Å². The number of carbonyl (C=O) groups is 2. The van der Waals surface area contributed by atoms with Gasteiger partial charge in [0, 0.05) is 28.2 Å². The minimum atomic E-state index is -0.383. The number of nitrogens with one attached hydrogen (secondary N) is 1. The van der Waals surface area contributed by atoms with Crippen molar-refractivity contribution in [1.82, 2.24) is 5.32 Å². The lowest BCUT2D eigenvalue weighted by molar-refractivity contribution is -0.140. The molecule has 1 aliphatic carbocycles. The summed E-state index contributed by atoms with van der Waals surface area (Å²) < 4.78 is 6.57. The van der Waals surface area contributed by atoms with Gasteiger partial charge in [0.15, 0.2) is 0 Å². The summed E-state index contributed by atoms with van der Waals surface area (Å²) in [5.41, 5.74) is 3.00. The number of allylic oxidation sites excluding steroid dienone is 3. The number of unbranched alkanes of at least 4 members (excludes halogenated alkanes) is 2. The van der Waals surface area contributed by atoms with Crippen molar-refractivity contribution in [3.05, 3.63) is 57.3 Å². The summed E-state index contributed by atoms with van der Waals surface area (Å²) in [7, 11) is 0. The van der Waals surface area contributed by atoms with Crippen molar-refractivity contribution in [2.24, 2.45) is 11.3 Å². The van der Waals surface area contributed by atoms with Crippen molar-refractivity contribution < 1.29 is 14.3 Å². The largest absolute Gasteiger partial charge is 0.462 e. The first-order valence-corrected chi connectivity index (χ1v) is 11.2. The molecular formula is C24H30BrNO3. The minimum absolute atomic E-state index is 0.164. The predicted octanol–water partition coefficient (Wildman–Crippen LogP) is 5.64. The number of rotatable bonds is 6. The van der Waals surface area contributed by atoms with E-state index in [1.807, 2.05) is 31.2 Å². The third-order valence-electron chi connectivity index (χ3n) is 5.67. The van der Waals surface area contributed by atoms with Gasteiger partial charge in [0.1, 0.15) is 5.78 Å². The maximum absolute atomic E-state index is 13.2. The Morgan fingerprint density at radius 2 is 1.90 bits per heavy atom. The van der Waals surface area contributed by atoms with Crippen LogP contribution in [0.25, 0.3) is 0 Å². The zero-order valence-corrected chi connectivity index (χ0v) is 19.3. The fraction of sp³-hybridized carbons (Fsp3) is 0.500. The second-order valence-electron chi connectivity index (χ2n) is 8.74. The molecule has 156 valence electrons. The molecule has 1 aromatic rings. The average Bonchev–Trinajstić information content (AvgIpc) is 2.63. The zero-order chi connectivity index (χ0) is 21.2. The van der Waals surface area contributed by atoms with Crippen LogP contribution in [0, 0.1) is 11.3 Å². The molecule has 0 fully saturated rings. The van der Waals surface area contributed by atoms with E-state index < -0.39 is 0 Å². The fourth-order valence-electron chi connectivity index (χ4n) is 4.36. The van der Waals surface area contributed by atoms with E-state index in [4.69, 9.17) is 4.74 Å². The van der Waals surface area contributed by atoms with E-state index in [1.165, 1.54) is 0 Å². The van der Waals surface area contributed by atoms with Gasteiger partial charge >= 0.3 is 5.97 Å². The van der Waals surface area contributed by atoms with Crippen LogP contribution in [0.3, 0.4) is 0 Å². The van der Waals surface area contributed by atoms with Gasteiger partial charge in [-0.25, -0.2) is 4.79 Å². The van der Waals surface area contributed by atoms with E-state index >= 15 is 0 Å². The second-order valence-corrected chi connectivity index (χ2v) is 9.66. The van der Waals surface area contributed by atoms with Crippen LogP contribution in [0.5, 0.6) is 0 Å². The van der Waals surface area contributed by atoms with E-state index in [0.717, 1.165) is 40.7 Å². The zero-order valence-electron chi connectivity index (χ0n) is 17.7. The number of hydrogen-bond donors (Lipinski definition) is 1. The summed E-state index contributed by atoms with van der Waals surface area (Å²) in [6.07, 6.45) is 5.57. The molecule has 2 unspecified atom stereocenters. The van der Waals surface area contributed by atoms with E-state index in [1.54, 1.807) is 0 Å². The molecule has 0 aromatic heterocycles. The van der Waals surface area contributed by atoms with Gasteiger partial charge in [0.25, 0.3) is 0 Å². The number of halogens is 1. The molecule has 29 heavy (non-hydrogen) atoms. The Balaban J connectivity index is 2.03. The molecule has 0 radical (unpaired) electrons. The number of ketones is 1. The van der Waals surface area contributed by atoms with E-state index in [2.05, 4.69) is 48.1 Å². The summed E-state index contributed by atoms with van der Waals surface area (Å²) in [6, 6.07) is 7.89. The Hall–Kier alpha value is -1.88. The van der Waals surface area contributed by atoms with Crippen LogP contribution in [0.15, 0.2) is 51.8 Å². The maximum atomic E-state index is 13.2. The topological polar surface area (TPSA) is 55.4 Å². The van der Waals surface area contributed by atoms with Crippen LogP contribution in [0.4, 0.5) is 0 Å². The molecule has 1 aromatic carbocycles. The molecule has 5 heteroatoms. The lowest BCUT2D eigenvalue weighted by Gasteiger charge is -2.41.